The van der Waals surface area contributed by atoms with E-state index in [1.807, 2.05) is 48.1 Å². The maximum Gasteiger partial charge on any atom is 0.243 e. The van der Waals surface area contributed by atoms with Crippen molar-refractivity contribution in [2.75, 3.05) is 26.6 Å². The van der Waals surface area contributed by atoms with Crippen LogP contribution in [0, 0.1) is 0 Å². The Labute approximate surface area is 173 Å². The van der Waals surface area contributed by atoms with E-state index in [9.17, 15) is 4.79 Å². The molecule has 0 unspecified atom stereocenters. The van der Waals surface area contributed by atoms with E-state index in [0.717, 1.165) is 11.1 Å². The molecule has 3 rings (SSSR count). The van der Waals surface area contributed by atoms with E-state index in [1.165, 1.54) is 11.8 Å². The minimum atomic E-state index is -0.0688. The number of benzene rings is 1. The van der Waals surface area contributed by atoms with E-state index >= 15 is 0 Å². The third-order valence-electron chi connectivity index (χ3n) is 4.13. The quantitative estimate of drug-likeness (QED) is 0.503. The number of nitrogens with one attached hydrogen (secondary N) is 1. The maximum atomic E-state index is 12.2. The van der Waals surface area contributed by atoms with Crippen molar-refractivity contribution in [2.24, 2.45) is 7.05 Å². The molecule has 1 N–H and O–H groups in total. The minimum absolute atomic E-state index is 0.0688. The van der Waals surface area contributed by atoms with Crippen molar-refractivity contribution in [3.63, 3.8) is 0 Å². The van der Waals surface area contributed by atoms with Gasteiger partial charge >= 0.3 is 0 Å². The van der Waals surface area contributed by atoms with Gasteiger partial charge in [0.15, 0.2) is 11.0 Å². The van der Waals surface area contributed by atoms with Gasteiger partial charge in [-0.25, -0.2) is 0 Å². The van der Waals surface area contributed by atoms with Crippen LogP contribution in [0.4, 0.5) is 0 Å². The molecular weight excluding hydrogens is 392 g/mol. The van der Waals surface area contributed by atoms with Crippen LogP contribution in [-0.4, -0.2) is 57.0 Å². The smallest absolute Gasteiger partial charge is 0.243 e. The van der Waals surface area contributed by atoms with Crippen molar-refractivity contribution in [1.82, 2.24) is 29.9 Å². The van der Waals surface area contributed by atoms with E-state index in [1.54, 1.807) is 18.9 Å². The summed E-state index contributed by atoms with van der Waals surface area (Å²) in [5, 5.41) is 16.4. The van der Waals surface area contributed by atoms with Crippen LogP contribution in [0.1, 0.15) is 5.56 Å². The first-order valence-corrected chi connectivity index (χ1v) is 10.0. The first-order valence-electron chi connectivity index (χ1n) is 9.06. The molecule has 0 saturated heterocycles. The Morgan fingerprint density at radius 2 is 2.00 bits per heavy atom. The zero-order chi connectivity index (χ0) is 20.6. The molecule has 2 heterocycles. The summed E-state index contributed by atoms with van der Waals surface area (Å²) in [6.07, 6.45) is 1.83. The van der Waals surface area contributed by atoms with Crippen LogP contribution in [0.25, 0.3) is 11.4 Å². The topological polar surface area (TPSA) is 96.1 Å². The lowest BCUT2D eigenvalue weighted by Crippen LogP contribution is -2.24. The monoisotopic (exact) mass is 416 g/mol. The number of hydrogen-bond acceptors (Lipinski definition) is 7. The molecule has 154 valence electrons. The highest BCUT2D eigenvalue weighted by Gasteiger charge is 2.20. The first-order chi connectivity index (χ1) is 14.1. The molecule has 1 aromatic carbocycles. The maximum absolute atomic E-state index is 12.2. The fourth-order valence-electron chi connectivity index (χ4n) is 2.73. The van der Waals surface area contributed by atoms with Crippen LogP contribution >= 0.6 is 11.8 Å². The van der Waals surface area contributed by atoms with Gasteiger partial charge in [-0.05, 0) is 5.56 Å². The van der Waals surface area contributed by atoms with Crippen molar-refractivity contribution >= 4 is 17.7 Å². The Morgan fingerprint density at radius 1 is 1.21 bits per heavy atom. The number of hydrogen-bond donors (Lipinski definition) is 1. The second-order valence-corrected chi connectivity index (χ2v) is 7.17. The molecule has 0 atom stereocenters. The highest BCUT2D eigenvalue weighted by Crippen LogP contribution is 2.29. The normalized spacial score (nSPS) is 10.9. The van der Waals surface area contributed by atoms with Gasteiger partial charge in [-0.15, -0.1) is 15.3 Å². The van der Waals surface area contributed by atoms with Gasteiger partial charge in [-0.1, -0.05) is 42.1 Å². The van der Waals surface area contributed by atoms with Crippen LogP contribution in [0.3, 0.4) is 0 Å². The Balaban J connectivity index is 1.70. The third-order valence-corrected chi connectivity index (χ3v) is 5.10. The summed E-state index contributed by atoms with van der Waals surface area (Å²) in [5.41, 5.74) is 1.79. The lowest BCUT2D eigenvalue weighted by molar-refractivity contribution is -0.118. The predicted molar refractivity (Wildman–Crippen MR) is 110 cm³/mol. The third kappa shape index (κ3) is 5.36. The lowest BCUT2D eigenvalue weighted by atomic mass is 10.2. The van der Waals surface area contributed by atoms with Crippen molar-refractivity contribution in [3.05, 3.63) is 42.1 Å². The molecular formula is C19H24N6O3S. The molecule has 0 aliphatic carbocycles. The number of ether oxygens (including phenoxy) is 2. The highest BCUT2D eigenvalue weighted by atomic mass is 32.2. The van der Waals surface area contributed by atoms with Gasteiger partial charge in [0.2, 0.25) is 11.8 Å². The van der Waals surface area contributed by atoms with E-state index in [-0.39, 0.29) is 11.7 Å². The van der Waals surface area contributed by atoms with Crippen LogP contribution < -0.4 is 10.1 Å². The average molecular weight is 417 g/mol. The van der Waals surface area contributed by atoms with Crippen LogP contribution in [0.5, 0.6) is 5.88 Å². The van der Waals surface area contributed by atoms with E-state index < -0.39 is 0 Å². The van der Waals surface area contributed by atoms with Crippen molar-refractivity contribution < 1.29 is 14.3 Å². The fraction of sp³-hybridized carbons (Fsp3) is 0.368. The summed E-state index contributed by atoms with van der Waals surface area (Å²) >= 11 is 1.33. The molecule has 0 saturated carbocycles. The zero-order valence-electron chi connectivity index (χ0n) is 16.7. The molecule has 9 nitrogen and oxygen atoms in total. The van der Waals surface area contributed by atoms with Gasteiger partial charge in [0.25, 0.3) is 0 Å². The summed E-state index contributed by atoms with van der Waals surface area (Å²) in [7, 11) is 5.02. The van der Waals surface area contributed by atoms with Crippen LogP contribution in [-0.2, 0) is 29.7 Å². The summed E-state index contributed by atoms with van der Waals surface area (Å²) in [5.74, 6) is 1.26. The molecule has 2 aromatic heterocycles. The van der Waals surface area contributed by atoms with Crippen LogP contribution in [0.2, 0.25) is 0 Å². The SMILES string of the molecule is COCCn1c(SCC(=O)NCc2ccccc2)nnc1-c1cn(C)nc1OC. The van der Waals surface area contributed by atoms with Crippen LogP contribution in [0.15, 0.2) is 41.7 Å². The van der Waals surface area contributed by atoms with Gasteiger partial charge < -0.3 is 14.8 Å². The summed E-state index contributed by atoms with van der Waals surface area (Å²) < 4.78 is 14.1. The number of amides is 1. The molecule has 0 bridgehead atoms. The number of aromatic nitrogens is 5. The number of nitrogens with zero attached hydrogens (tertiary/aromatic N) is 5. The fourth-order valence-corrected chi connectivity index (χ4v) is 3.52. The highest BCUT2D eigenvalue weighted by molar-refractivity contribution is 7.99. The van der Waals surface area contributed by atoms with Crippen molar-refractivity contribution in [2.45, 2.75) is 18.2 Å². The molecule has 0 aliphatic heterocycles. The Hall–Kier alpha value is -2.85. The average Bonchev–Trinajstić information content (AvgIpc) is 3.32. The van der Waals surface area contributed by atoms with Gasteiger partial charge in [0.1, 0.15) is 5.56 Å². The largest absolute Gasteiger partial charge is 0.479 e. The zero-order valence-corrected chi connectivity index (χ0v) is 17.5. The van der Waals surface area contributed by atoms with Gasteiger partial charge in [-0.2, -0.15) is 0 Å². The van der Waals surface area contributed by atoms with Gasteiger partial charge in [-0.3, -0.25) is 14.0 Å². The first kappa shape index (κ1) is 20.9. The Kier molecular flexibility index (Phi) is 7.25. The number of thioether (sulfide) groups is 1. The Morgan fingerprint density at radius 3 is 2.72 bits per heavy atom. The Bertz CT molecular complexity index is 941. The molecule has 0 aliphatic rings. The van der Waals surface area contributed by atoms with Crippen molar-refractivity contribution in [1.29, 1.82) is 0 Å². The standard InChI is InChI=1S/C19H24N6O3S/c1-24-12-15(18(23-24)28-3)17-21-22-19(25(17)9-10-27-2)29-13-16(26)20-11-14-7-5-4-6-8-14/h4-8,12H,9-11,13H2,1-3H3,(H,20,26). The van der Waals surface area contributed by atoms with Crippen molar-refractivity contribution in [3.8, 4) is 17.3 Å². The molecule has 1 amide bonds. The second-order valence-electron chi connectivity index (χ2n) is 6.23. The number of aryl methyl sites for hydroxylation is 1. The number of carbonyl (C=O) groups excluding carboxylic acids is 1. The summed E-state index contributed by atoms with van der Waals surface area (Å²) in [6.45, 7) is 1.53. The number of methoxy groups -OCH3 is 2. The van der Waals surface area contributed by atoms with E-state index in [2.05, 4.69) is 20.6 Å². The molecule has 10 heteroatoms. The lowest BCUT2D eigenvalue weighted by Gasteiger charge is -2.09. The van der Waals surface area contributed by atoms with E-state index in [4.69, 9.17) is 9.47 Å². The second kappa shape index (κ2) is 10.1. The molecule has 0 fully saturated rings. The number of rotatable bonds is 10. The van der Waals surface area contributed by atoms with Gasteiger partial charge in [0.05, 0.1) is 26.0 Å². The minimum Gasteiger partial charge on any atom is -0.479 e. The molecule has 3 aromatic rings. The van der Waals surface area contributed by atoms with E-state index in [0.29, 0.717) is 36.6 Å². The molecule has 0 spiro atoms. The summed E-state index contributed by atoms with van der Waals surface area (Å²) in [4.78, 5) is 12.2. The molecule has 0 radical (unpaired) electrons. The van der Waals surface area contributed by atoms with Gasteiger partial charge in [0, 0.05) is 26.9 Å². The predicted octanol–water partition coefficient (Wildman–Crippen LogP) is 1.74. The number of carbonyl (C=O) groups is 1. The molecule has 29 heavy (non-hydrogen) atoms. The summed E-state index contributed by atoms with van der Waals surface area (Å²) in [6, 6.07) is 9.79.